The molecule has 0 aromatic carbocycles. The van der Waals surface area contributed by atoms with Crippen molar-refractivity contribution in [1.29, 1.82) is 0 Å². The zero-order valence-corrected chi connectivity index (χ0v) is 39.6. The molecule has 1 amide bonds. The summed E-state index contributed by atoms with van der Waals surface area (Å²) in [5.74, 6) is -0.540. The summed E-state index contributed by atoms with van der Waals surface area (Å²) in [5.41, 5.74) is 0. The third-order valence-electron chi connectivity index (χ3n) is 11.3. The summed E-state index contributed by atoms with van der Waals surface area (Å²) in [4.78, 5) is 26.1. The summed E-state index contributed by atoms with van der Waals surface area (Å²) >= 11 is 0. The molecule has 0 fully saturated rings. The van der Waals surface area contributed by atoms with E-state index in [0.29, 0.717) is 19.3 Å². The van der Waals surface area contributed by atoms with E-state index in [1.165, 1.54) is 116 Å². The molecule has 348 valence electrons. The number of hydrogen-bond donors (Lipinski definition) is 3. The summed E-state index contributed by atoms with van der Waals surface area (Å²) in [6.45, 7) is 6.42. The number of aliphatic hydroxyl groups excluding tert-OH is 2. The van der Waals surface area contributed by atoms with Gasteiger partial charge in [0.05, 0.1) is 25.2 Å². The van der Waals surface area contributed by atoms with Gasteiger partial charge in [0.25, 0.3) is 0 Å². The largest absolute Gasteiger partial charge is 0.462 e. The number of unbranched alkanes of at least 4 members (excludes halogenated alkanes) is 23. The highest BCUT2D eigenvalue weighted by Gasteiger charge is 2.24. The first-order valence-electron chi connectivity index (χ1n) is 25.5. The normalized spacial score (nSPS) is 13.8. The molecule has 0 radical (unpaired) electrons. The third-order valence-corrected chi connectivity index (χ3v) is 11.3. The van der Waals surface area contributed by atoms with Crippen LogP contribution in [0, 0.1) is 0 Å². The molecule has 0 heterocycles. The van der Waals surface area contributed by atoms with E-state index in [-0.39, 0.29) is 24.9 Å². The zero-order chi connectivity index (χ0) is 43.8. The molecule has 3 atom stereocenters. The number of esters is 1. The number of hydrogen-bond acceptors (Lipinski definition) is 5. The lowest BCUT2D eigenvalue weighted by atomic mass is 10.0. The fraction of sp³-hybridized carbons (Fsp3) is 0.778. The SMILES string of the molecule is CCCCC/C=C\C/C=C\C/C=C\C/C=C\CCCCCC(=O)OC(CCC/C=C\CCCCCCCC)CC(=O)NC(CO)C(O)CCCCCCCCCCCCC. The van der Waals surface area contributed by atoms with Crippen molar-refractivity contribution in [3.63, 3.8) is 0 Å². The number of nitrogens with one attached hydrogen (secondary N) is 1. The topological polar surface area (TPSA) is 95.9 Å². The van der Waals surface area contributed by atoms with Gasteiger partial charge in [-0.15, -0.1) is 0 Å². The van der Waals surface area contributed by atoms with Gasteiger partial charge in [0, 0.05) is 6.42 Å². The fourth-order valence-corrected chi connectivity index (χ4v) is 7.41. The van der Waals surface area contributed by atoms with E-state index in [9.17, 15) is 19.8 Å². The smallest absolute Gasteiger partial charge is 0.306 e. The monoisotopic (exact) mass is 840 g/mol. The predicted octanol–water partition coefficient (Wildman–Crippen LogP) is 15.2. The van der Waals surface area contributed by atoms with Crippen molar-refractivity contribution in [3.8, 4) is 0 Å². The lowest BCUT2D eigenvalue weighted by Crippen LogP contribution is -2.46. The van der Waals surface area contributed by atoms with Gasteiger partial charge in [0.2, 0.25) is 5.91 Å². The van der Waals surface area contributed by atoms with Gasteiger partial charge in [-0.05, 0) is 89.9 Å². The predicted molar refractivity (Wildman–Crippen MR) is 259 cm³/mol. The molecule has 0 saturated carbocycles. The Morgan fingerprint density at radius 1 is 0.483 bits per heavy atom. The Labute approximate surface area is 371 Å². The first-order chi connectivity index (χ1) is 29.5. The molecule has 6 heteroatoms. The molecule has 0 saturated heterocycles. The Bertz CT molecular complexity index is 1080. The molecule has 0 bridgehead atoms. The highest BCUT2D eigenvalue weighted by molar-refractivity contribution is 5.77. The van der Waals surface area contributed by atoms with Gasteiger partial charge in [0.15, 0.2) is 0 Å². The molecule has 60 heavy (non-hydrogen) atoms. The van der Waals surface area contributed by atoms with E-state index in [1.807, 2.05) is 0 Å². The lowest BCUT2D eigenvalue weighted by molar-refractivity contribution is -0.151. The standard InChI is InChI=1S/C54H97NO5/c1-4-7-10-13-16-19-22-23-24-25-26-27-28-29-32-35-38-41-44-47-54(59)60-50(45-42-39-36-33-30-20-17-14-11-8-5-2)48-53(58)55-51(49-56)52(57)46-43-40-37-34-31-21-18-15-12-9-6-3/h16,19,23-24,26-27,29,32-33,36,50-52,56-57H,4-15,17-18,20-22,25,28,30-31,34-35,37-49H2,1-3H3,(H,55,58)/b19-16-,24-23-,27-26-,32-29-,36-33-. The number of ether oxygens (including phenoxy) is 1. The second-order valence-electron chi connectivity index (χ2n) is 17.2. The van der Waals surface area contributed by atoms with Crippen LogP contribution in [0.1, 0.15) is 245 Å². The maximum atomic E-state index is 13.2. The van der Waals surface area contributed by atoms with Crippen molar-refractivity contribution in [2.24, 2.45) is 0 Å². The molecule has 0 rings (SSSR count). The second kappa shape index (κ2) is 47.6. The van der Waals surface area contributed by atoms with E-state index in [4.69, 9.17) is 4.74 Å². The Hall–Kier alpha value is -2.44. The second-order valence-corrected chi connectivity index (χ2v) is 17.2. The van der Waals surface area contributed by atoms with Crippen LogP contribution in [0.15, 0.2) is 60.8 Å². The molecular formula is C54H97NO5. The Morgan fingerprint density at radius 2 is 0.867 bits per heavy atom. The first-order valence-corrected chi connectivity index (χ1v) is 25.5. The first kappa shape index (κ1) is 57.6. The van der Waals surface area contributed by atoms with E-state index in [0.717, 1.165) is 83.5 Å². The van der Waals surface area contributed by atoms with Gasteiger partial charge in [-0.1, -0.05) is 204 Å². The zero-order valence-electron chi connectivity index (χ0n) is 39.6. The maximum Gasteiger partial charge on any atom is 0.306 e. The third kappa shape index (κ3) is 42.3. The number of aliphatic hydroxyl groups is 2. The van der Waals surface area contributed by atoms with Gasteiger partial charge in [0.1, 0.15) is 6.10 Å². The highest BCUT2D eigenvalue weighted by Crippen LogP contribution is 2.16. The number of allylic oxidation sites excluding steroid dienone is 10. The van der Waals surface area contributed by atoms with Crippen LogP contribution in [-0.2, 0) is 14.3 Å². The molecule has 0 aliphatic rings. The number of rotatable bonds is 45. The quantitative estimate of drug-likeness (QED) is 0.0322. The van der Waals surface area contributed by atoms with Gasteiger partial charge in [-0.3, -0.25) is 9.59 Å². The maximum absolute atomic E-state index is 13.2. The van der Waals surface area contributed by atoms with Crippen LogP contribution in [0.25, 0.3) is 0 Å². The summed E-state index contributed by atoms with van der Waals surface area (Å²) in [7, 11) is 0. The Kier molecular flexibility index (Phi) is 45.7. The van der Waals surface area contributed by atoms with Crippen LogP contribution in [0.4, 0.5) is 0 Å². The van der Waals surface area contributed by atoms with E-state index < -0.39 is 18.2 Å². The number of amides is 1. The van der Waals surface area contributed by atoms with Gasteiger partial charge >= 0.3 is 5.97 Å². The summed E-state index contributed by atoms with van der Waals surface area (Å²) in [6.07, 6.45) is 58.5. The average Bonchev–Trinajstić information content (AvgIpc) is 3.24. The Morgan fingerprint density at radius 3 is 1.37 bits per heavy atom. The van der Waals surface area contributed by atoms with Crippen LogP contribution in [0.5, 0.6) is 0 Å². The molecule has 3 unspecified atom stereocenters. The minimum atomic E-state index is -0.800. The van der Waals surface area contributed by atoms with E-state index in [1.54, 1.807) is 0 Å². The molecule has 0 aliphatic carbocycles. The van der Waals surface area contributed by atoms with Crippen LogP contribution in [0.3, 0.4) is 0 Å². The molecular weight excluding hydrogens is 743 g/mol. The van der Waals surface area contributed by atoms with Crippen LogP contribution >= 0.6 is 0 Å². The minimum Gasteiger partial charge on any atom is -0.462 e. The molecule has 3 N–H and O–H groups in total. The average molecular weight is 840 g/mol. The van der Waals surface area contributed by atoms with Crippen LogP contribution < -0.4 is 5.32 Å². The summed E-state index contributed by atoms with van der Waals surface area (Å²) in [5, 5.41) is 23.7. The van der Waals surface area contributed by atoms with Crippen LogP contribution in [0.2, 0.25) is 0 Å². The Balaban J connectivity index is 4.61. The molecule has 0 spiro atoms. The van der Waals surface area contributed by atoms with Crippen molar-refractivity contribution < 1.29 is 24.5 Å². The van der Waals surface area contributed by atoms with Gasteiger partial charge in [-0.2, -0.15) is 0 Å². The number of carbonyl (C=O) groups is 2. The van der Waals surface area contributed by atoms with Crippen molar-refractivity contribution in [1.82, 2.24) is 5.32 Å². The van der Waals surface area contributed by atoms with Crippen molar-refractivity contribution in [2.45, 2.75) is 264 Å². The lowest BCUT2D eigenvalue weighted by Gasteiger charge is -2.24. The number of carbonyl (C=O) groups excluding carboxylic acids is 2. The molecule has 0 aromatic heterocycles. The molecule has 0 aliphatic heterocycles. The molecule has 6 nitrogen and oxygen atoms in total. The highest BCUT2D eigenvalue weighted by atomic mass is 16.5. The van der Waals surface area contributed by atoms with Crippen molar-refractivity contribution in [2.75, 3.05) is 6.61 Å². The van der Waals surface area contributed by atoms with E-state index >= 15 is 0 Å². The minimum absolute atomic E-state index is 0.0426. The fourth-order valence-electron chi connectivity index (χ4n) is 7.41. The van der Waals surface area contributed by atoms with Crippen molar-refractivity contribution >= 4 is 11.9 Å². The summed E-state index contributed by atoms with van der Waals surface area (Å²) < 4.78 is 5.89. The van der Waals surface area contributed by atoms with E-state index in [2.05, 4.69) is 86.8 Å². The molecule has 0 aromatic rings. The van der Waals surface area contributed by atoms with Crippen LogP contribution in [-0.4, -0.2) is 46.9 Å². The van der Waals surface area contributed by atoms with Gasteiger partial charge in [-0.25, -0.2) is 0 Å². The van der Waals surface area contributed by atoms with Gasteiger partial charge < -0.3 is 20.3 Å². The van der Waals surface area contributed by atoms with Crippen molar-refractivity contribution in [3.05, 3.63) is 60.8 Å². The summed E-state index contributed by atoms with van der Waals surface area (Å²) in [6, 6.07) is -0.716.